The van der Waals surface area contributed by atoms with E-state index in [4.69, 9.17) is 19.9 Å². The molecule has 0 aliphatic carbocycles. The third kappa shape index (κ3) is 4.64. The predicted octanol–water partition coefficient (Wildman–Crippen LogP) is 10.5. The molecular formula is C42H26N4. The Morgan fingerprint density at radius 3 is 1.33 bits per heavy atom. The van der Waals surface area contributed by atoms with Crippen LogP contribution in [-0.4, -0.2) is 19.9 Å². The van der Waals surface area contributed by atoms with Crippen molar-refractivity contribution in [3.8, 4) is 45.0 Å². The van der Waals surface area contributed by atoms with E-state index < -0.39 is 0 Å². The molecule has 214 valence electrons. The smallest absolute Gasteiger partial charge is 0.0972 e. The summed E-state index contributed by atoms with van der Waals surface area (Å²) in [5.41, 5.74) is 11.7. The molecule has 0 N–H and O–H groups in total. The zero-order valence-electron chi connectivity index (χ0n) is 24.8. The average molecular weight is 587 g/mol. The molecule has 5 aromatic carbocycles. The molecule has 46 heavy (non-hydrogen) atoms. The Labute approximate surface area is 265 Å². The minimum Gasteiger partial charge on any atom is -0.248 e. The first-order valence-electron chi connectivity index (χ1n) is 15.4. The van der Waals surface area contributed by atoms with Crippen molar-refractivity contribution < 1.29 is 0 Å². The van der Waals surface area contributed by atoms with Crippen LogP contribution < -0.4 is 0 Å². The van der Waals surface area contributed by atoms with Gasteiger partial charge in [0.25, 0.3) is 0 Å². The third-order valence-corrected chi connectivity index (χ3v) is 8.65. The average Bonchev–Trinajstić information content (AvgIpc) is 3.14. The number of aromatic nitrogens is 4. The molecule has 0 aliphatic heterocycles. The standard InChI is InChI=1S/C42H26N4/c1-2-6-27(7-3-1)37-24-20-32-15-16-33-21-25-38(46-42(33)41(32)45-37)30-12-10-29(11-13-30)36-22-19-31-14-17-34(26-40(31)44-36)39-23-18-28-8-4-5-9-35(28)43-39/h1-26H. The summed E-state index contributed by atoms with van der Waals surface area (Å²) in [6, 6.07) is 54.4. The molecule has 0 saturated heterocycles. The van der Waals surface area contributed by atoms with Crippen LogP contribution in [0.1, 0.15) is 0 Å². The largest absolute Gasteiger partial charge is 0.248 e. The van der Waals surface area contributed by atoms with Crippen LogP contribution in [0.25, 0.3) is 88.6 Å². The highest BCUT2D eigenvalue weighted by Gasteiger charge is 2.10. The maximum absolute atomic E-state index is 5.13. The molecule has 4 heteroatoms. The number of nitrogens with zero attached hydrogens (tertiary/aromatic N) is 4. The van der Waals surface area contributed by atoms with E-state index in [0.29, 0.717) is 0 Å². The molecule has 4 nitrogen and oxygen atoms in total. The molecule has 0 unspecified atom stereocenters. The van der Waals surface area contributed by atoms with Gasteiger partial charge in [0.2, 0.25) is 0 Å². The first kappa shape index (κ1) is 26.2. The number of para-hydroxylation sites is 1. The van der Waals surface area contributed by atoms with E-state index in [1.54, 1.807) is 0 Å². The predicted molar refractivity (Wildman–Crippen MR) is 189 cm³/mol. The van der Waals surface area contributed by atoms with Crippen molar-refractivity contribution in [2.24, 2.45) is 0 Å². The van der Waals surface area contributed by atoms with Gasteiger partial charge in [-0.25, -0.2) is 19.9 Å². The second kappa shape index (κ2) is 10.7. The highest BCUT2D eigenvalue weighted by molar-refractivity contribution is 6.04. The molecule has 0 aliphatic rings. The van der Waals surface area contributed by atoms with Gasteiger partial charge in [0.1, 0.15) is 0 Å². The fourth-order valence-corrected chi connectivity index (χ4v) is 6.17. The first-order valence-corrected chi connectivity index (χ1v) is 15.4. The molecule has 0 radical (unpaired) electrons. The lowest BCUT2D eigenvalue weighted by molar-refractivity contribution is 1.36. The van der Waals surface area contributed by atoms with Crippen molar-refractivity contribution in [1.82, 2.24) is 19.9 Å². The Kier molecular flexibility index (Phi) is 6.10. The van der Waals surface area contributed by atoms with E-state index in [1.807, 2.05) is 36.4 Å². The van der Waals surface area contributed by atoms with Crippen molar-refractivity contribution in [2.45, 2.75) is 0 Å². The zero-order valence-corrected chi connectivity index (χ0v) is 24.8. The Hall–Kier alpha value is -6.26. The molecular weight excluding hydrogens is 560 g/mol. The van der Waals surface area contributed by atoms with Gasteiger partial charge in [0, 0.05) is 43.8 Å². The van der Waals surface area contributed by atoms with E-state index in [9.17, 15) is 0 Å². The molecule has 9 rings (SSSR count). The summed E-state index contributed by atoms with van der Waals surface area (Å²) in [5.74, 6) is 0. The lowest BCUT2D eigenvalue weighted by Crippen LogP contribution is -1.91. The van der Waals surface area contributed by atoms with E-state index in [1.165, 1.54) is 0 Å². The van der Waals surface area contributed by atoms with Crippen LogP contribution in [0.2, 0.25) is 0 Å². The van der Waals surface area contributed by atoms with Crippen molar-refractivity contribution in [3.63, 3.8) is 0 Å². The zero-order chi connectivity index (χ0) is 30.5. The molecule has 0 saturated carbocycles. The summed E-state index contributed by atoms with van der Waals surface area (Å²) in [4.78, 5) is 20.1. The van der Waals surface area contributed by atoms with Gasteiger partial charge in [-0.1, -0.05) is 121 Å². The maximum atomic E-state index is 5.13. The lowest BCUT2D eigenvalue weighted by atomic mass is 10.0. The molecule has 0 atom stereocenters. The maximum Gasteiger partial charge on any atom is 0.0972 e. The molecule has 0 fully saturated rings. The monoisotopic (exact) mass is 586 g/mol. The molecule has 4 heterocycles. The van der Waals surface area contributed by atoms with Gasteiger partial charge in [-0.15, -0.1) is 0 Å². The molecule has 4 aromatic heterocycles. The summed E-state index contributed by atoms with van der Waals surface area (Å²) in [6.07, 6.45) is 0. The van der Waals surface area contributed by atoms with Crippen LogP contribution >= 0.6 is 0 Å². The summed E-state index contributed by atoms with van der Waals surface area (Å²) >= 11 is 0. The quantitative estimate of drug-likeness (QED) is 0.193. The number of hydrogen-bond acceptors (Lipinski definition) is 4. The number of rotatable bonds is 4. The van der Waals surface area contributed by atoms with Gasteiger partial charge in [-0.05, 0) is 36.4 Å². The summed E-state index contributed by atoms with van der Waals surface area (Å²) < 4.78 is 0. The highest BCUT2D eigenvalue weighted by Crippen LogP contribution is 2.31. The highest BCUT2D eigenvalue weighted by atomic mass is 14.8. The fraction of sp³-hybridized carbons (Fsp3) is 0. The Morgan fingerprint density at radius 1 is 0.261 bits per heavy atom. The molecule has 9 aromatic rings. The van der Waals surface area contributed by atoms with Crippen molar-refractivity contribution in [1.29, 1.82) is 0 Å². The minimum absolute atomic E-state index is 0.907. The van der Waals surface area contributed by atoms with E-state index in [-0.39, 0.29) is 0 Å². The van der Waals surface area contributed by atoms with E-state index in [2.05, 4.69) is 121 Å². The Morgan fingerprint density at radius 2 is 0.674 bits per heavy atom. The van der Waals surface area contributed by atoms with Crippen LogP contribution in [-0.2, 0) is 0 Å². The topological polar surface area (TPSA) is 51.6 Å². The van der Waals surface area contributed by atoms with Gasteiger partial charge in [-0.3, -0.25) is 0 Å². The van der Waals surface area contributed by atoms with Crippen molar-refractivity contribution in [2.75, 3.05) is 0 Å². The Bertz CT molecular complexity index is 2570. The first-order chi connectivity index (χ1) is 22.7. The van der Waals surface area contributed by atoms with Crippen LogP contribution in [0, 0.1) is 0 Å². The van der Waals surface area contributed by atoms with Gasteiger partial charge in [0.05, 0.1) is 44.8 Å². The van der Waals surface area contributed by atoms with Gasteiger partial charge in [0.15, 0.2) is 0 Å². The van der Waals surface area contributed by atoms with Gasteiger partial charge >= 0.3 is 0 Å². The van der Waals surface area contributed by atoms with Gasteiger partial charge < -0.3 is 0 Å². The summed E-state index contributed by atoms with van der Waals surface area (Å²) in [7, 11) is 0. The van der Waals surface area contributed by atoms with Crippen LogP contribution in [0.15, 0.2) is 158 Å². The lowest BCUT2D eigenvalue weighted by Gasteiger charge is -2.09. The fourth-order valence-electron chi connectivity index (χ4n) is 6.17. The van der Waals surface area contributed by atoms with Crippen LogP contribution in [0.3, 0.4) is 0 Å². The molecule has 0 spiro atoms. The Balaban J connectivity index is 1.06. The van der Waals surface area contributed by atoms with E-state index >= 15 is 0 Å². The SMILES string of the molecule is c1ccc(-c2ccc3ccc4ccc(-c5ccc(-c6ccc7ccc(-c8ccc9ccccc9n8)cc7n6)cc5)nc4c3n2)cc1. The van der Waals surface area contributed by atoms with E-state index in [0.717, 1.165) is 88.6 Å². The normalized spacial score (nSPS) is 11.5. The molecule has 0 amide bonds. The van der Waals surface area contributed by atoms with Crippen molar-refractivity contribution in [3.05, 3.63) is 158 Å². The number of fused-ring (bicyclic) bond motifs is 5. The van der Waals surface area contributed by atoms with Crippen LogP contribution in [0.5, 0.6) is 0 Å². The summed E-state index contributed by atoms with van der Waals surface area (Å²) in [6.45, 7) is 0. The van der Waals surface area contributed by atoms with Gasteiger partial charge in [-0.2, -0.15) is 0 Å². The molecule has 0 bridgehead atoms. The summed E-state index contributed by atoms with van der Waals surface area (Å²) in [5, 5.41) is 4.39. The second-order valence-electron chi connectivity index (χ2n) is 11.5. The minimum atomic E-state index is 0.907. The number of hydrogen-bond donors (Lipinski definition) is 0. The second-order valence-corrected chi connectivity index (χ2v) is 11.5. The third-order valence-electron chi connectivity index (χ3n) is 8.65. The van der Waals surface area contributed by atoms with Crippen LogP contribution in [0.4, 0.5) is 0 Å². The number of benzene rings is 5. The van der Waals surface area contributed by atoms with Crippen molar-refractivity contribution >= 4 is 43.6 Å². The number of pyridine rings is 4.